The summed E-state index contributed by atoms with van der Waals surface area (Å²) in [5.74, 6) is 0.130. The van der Waals surface area contributed by atoms with Gasteiger partial charge in [-0.1, -0.05) is 48.9 Å². The Labute approximate surface area is 178 Å². The van der Waals surface area contributed by atoms with E-state index in [1.165, 1.54) is 0 Å². The molecule has 1 unspecified atom stereocenters. The van der Waals surface area contributed by atoms with Crippen LogP contribution in [-0.4, -0.2) is 34.9 Å². The first-order valence-electron chi connectivity index (χ1n) is 9.73. The predicted molar refractivity (Wildman–Crippen MR) is 116 cm³/mol. The summed E-state index contributed by atoms with van der Waals surface area (Å²) in [6.45, 7) is 7.84. The second-order valence-corrected chi connectivity index (χ2v) is 8.35. The number of benzene rings is 2. The molecule has 0 aliphatic heterocycles. The smallest absolute Gasteiger partial charge is 0.261 e. The van der Waals surface area contributed by atoms with E-state index in [0.717, 1.165) is 5.56 Å². The highest BCUT2D eigenvalue weighted by molar-refractivity contribution is 6.30. The van der Waals surface area contributed by atoms with Gasteiger partial charge in [0.25, 0.3) is 5.91 Å². The van der Waals surface area contributed by atoms with Gasteiger partial charge in [-0.3, -0.25) is 9.59 Å². The summed E-state index contributed by atoms with van der Waals surface area (Å²) in [4.78, 5) is 27.5. The summed E-state index contributed by atoms with van der Waals surface area (Å²) in [5, 5.41) is 3.58. The summed E-state index contributed by atoms with van der Waals surface area (Å²) < 4.78 is 5.64. The molecule has 0 heterocycles. The second kappa shape index (κ2) is 10.3. The van der Waals surface area contributed by atoms with E-state index in [-0.39, 0.29) is 24.0 Å². The molecule has 0 saturated carbocycles. The number of carbonyl (C=O) groups is 2. The van der Waals surface area contributed by atoms with Crippen molar-refractivity contribution in [2.24, 2.45) is 0 Å². The van der Waals surface area contributed by atoms with Gasteiger partial charge < -0.3 is 15.0 Å². The lowest BCUT2D eigenvalue weighted by Gasteiger charge is -2.33. The fourth-order valence-electron chi connectivity index (χ4n) is 2.91. The SMILES string of the molecule is CCC(C(=O)NC(C)(C)C)N(Cc1ccccc1)C(=O)COc1ccc(Cl)cc1. The van der Waals surface area contributed by atoms with E-state index in [1.54, 1.807) is 29.2 Å². The van der Waals surface area contributed by atoms with Crippen molar-refractivity contribution >= 4 is 23.4 Å². The molecule has 0 fully saturated rings. The van der Waals surface area contributed by atoms with E-state index in [4.69, 9.17) is 16.3 Å². The minimum Gasteiger partial charge on any atom is -0.484 e. The van der Waals surface area contributed by atoms with Crippen molar-refractivity contribution in [1.29, 1.82) is 0 Å². The van der Waals surface area contributed by atoms with Crippen molar-refractivity contribution in [3.05, 3.63) is 65.2 Å². The van der Waals surface area contributed by atoms with Gasteiger partial charge in [0.05, 0.1) is 0 Å². The van der Waals surface area contributed by atoms with Crippen LogP contribution in [0.4, 0.5) is 0 Å². The Morgan fingerprint density at radius 3 is 2.24 bits per heavy atom. The zero-order chi connectivity index (χ0) is 21.4. The van der Waals surface area contributed by atoms with Crippen LogP contribution < -0.4 is 10.1 Å². The third-order valence-corrected chi connectivity index (χ3v) is 4.51. The quantitative estimate of drug-likeness (QED) is 0.692. The summed E-state index contributed by atoms with van der Waals surface area (Å²) in [7, 11) is 0. The molecule has 5 nitrogen and oxygen atoms in total. The maximum Gasteiger partial charge on any atom is 0.261 e. The molecule has 0 aliphatic carbocycles. The predicted octanol–water partition coefficient (Wildman–Crippen LogP) is 4.44. The minimum atomic E-state index is -0.587. The van der Waals surface area contributed by atoms with Crippen LogP contribution in [0, 0.1) is 0 Å². The lowest BCUT2D eigenvalue weighted by Crippen LogP contribution is -2.54. The summed E-state index contributed by atoms with van der Waals surface area (Å²) >= 11 is 5.89. The van der Waals surface area contributed by atoms with Gasteiger partial charge in [-0.2, -0.15) is 0 Å². The maximum absolute atomic E-state index is 13.1. The molecule has 2 rings (SSSR count). The van der Waals surface area contributed by atoms with Crippen LogP contribution in [0.25, 0.3) is 0 Å². The highest BCUT2D eigenvalue weighted by Gasteiger charge is 2.30. The van der Waals surface area contributed by atoms with E-state index in [2.05, 4.69) is 5.32 Å². The van der Waals surface area contributed by atoms with E-state index >= 15 is 0 Å². The van der Waals surface area contributed by atoms with Crippen LogP contribution in [-0.2, 0) is 16.1 Å². The lowest BCUT2D eigenvalue weighted by atomic mass is 10.1. The van der Waals surface area contributed by atoms with Crippen molar-refractivity contribution in [2.75, 3.05) is 6.61 Å². The van der Waals surface area contributed by atoms with Crippen LogP contribution in [0.2, 0.25) is 5.02 Å². The largest absolute Gasteiger partial charge is 0.484 e. The Bertz CT molecular complexity index is 801. The number of hydrogen-bond donors (Lipinski definition) is 1. The number of carbonyl (C=O) groups excluding carboxylic acids is 2. The molecule has 1 atom stereocenters. The molecule has 0 bridgehead atoms. The third-order valence-electron chi connectivity index (χ3n) is 4.26. The first-order valence-corrected chi connectivity index (χ1v) is 10.1. The van der Waals surface area contributed by atoms with Crippen molar-refractivity contribution in [2.45, 2.75) is 52.2 Å². The highest BCUT2D eigenvalue weighted by Crippen LogP contribution is 2.17. The number of nitrogens with zero attached hydrogens (tertiary/aromatic N) is 1. The Morgan fingerprint density at radius 2 is 1.69 bits per heavy atom. The van der Waals surface area contributed by atoms with Gasteiger partial charge in [-0.05, 0) is 57.0 Å². The molecular weight excluding hydrogens is 388 g/mol. The topological polar surface area (TPSA) is 58.6 Å². The number of rotatable bonds is 8. The molecule has 1 N–H and O–H groups in total. The molecule has 2 aromatic carbocycles. The molecule has 0 saturated heterocycles. The highest BCUT2D eigenvalue weighted by atomic mass is 35.5. The normalized spacial score (nSPS) is 12.2. The van der Waals surface area contributed by atoms with Crippen LogP contribution in [0.1, 0.15) is 39.7 Å². The molecular formula is C23H29ClN2O3. The van der Waals surface area contributed by atoms with Gasteiger partial charge >= 0.3 is 0 Å². The van der Waals surface area contributed by atoms with Gasteiger partial charge in [-0.15, -0.1) is 0 Å². The number of ether oxygens (including phenoxy) is 1. The van der Waals surface area contributed by atoms with Crippen LogP contribution >= 0.6 is 11.6 Å². The molecule has 29 heavy (non-hydrogen) atoms. The summed E-state index contributed by atoms with van der Waals surface area (Å²) in [6, 6.07) is 15.9. The fraction of sp³-hybridized carbons (Fsp3) is 0.391. The Balaban J connectivity index is 2.19. The van der Waals surface area contributed by atoms with Gasteiger partial charge in [0.1, 0.15) is 11.8 Å². The van der Waals surface area contributed by atoms with Crippen molar-refractivity contribution in [3.8, 4) is 5.75 Å². The van der Waals surface area contributed by atoms with Gasteiger partial charge in [0, 0.05) is 17.1 Å². The number of nitrogens with one attached hydrogen (secondary N) is 1. The average Bonchev–Trinajstić information content (AvgIpc) is 2.66. The second-order valence-electron chi connectivity index (χ2n) is 7.91. The zero-order valence-corrected chi connectivity index (χ0v) is 18.2. The molecule has 156 valence electrons. The van der Waals surface area contributed by atoms with E-state index < -0.39 is 6.04 Å². The van der Waals surface area contributed by atoms with Gasteiger partial charge in [0.15, 0.2) is 6.61 Å². The Kier molecular flexibility index (Phi) is 8.09. The monoisotopic (exact) mass is 416 g/mol. The molecule has 0 aliphatic rings. The summed E-state index contributed by atoms with van der Waals surface area (Å²) in [5.41, 5.74) is 0.570. The van der Waals surface area contributed by atoms with Gasteiger partial charge in [0.2, 0.25) is 5.91 Å². The molecule has 2 aromatic rings. The molecule has 0 spiro atoms. The first kappa shape index (κ1) is 22.8. The average molecular weight is 417 g/mol. The standard InChI is InChI=1S/C23H29ClN2O3/c1-5-20(22(28)25-23(2,3)4)26(15-17-9-7-6-8-10-17)21(27)16-29-19-13-11-18(24)12-14-19/h6-14,20H,5,15-16H2,1-4H3,(H,25,28). The minimum absolute atomic E-state index is 0.159. The van der Waals surface area contributed by atoms with E-state index in [0.29, 0.717) is 23.7 Å². The molecule has 0 aromatic heterocycles. The molecule has 2 amide bonds. The van der Waals surface area contributed by atoms with E-state index in [9.17, 15) is 9.59 Å². The van der Waals surface area contributed by atoms with Crippen molar-refractivity contribution < 1.29 is 14.3 Å². The Hall–Kier alpha value is -2.53. The fourth-order valence-corrected chi connectivity index (χ4v) is 3.04. The first-order chi connectivity index (χ1) is 13.7. The summed E-state index contributed by atoms with van der Waals surface area (Å²) in [6.07, 6.45) is 0.501. The van der Waals surface area contributed by atoms with Crippen molar-refractivity contribution in [3.63, 3.8) is 0 Å². The number of amides is 2. The zero-order valence-electron chi connectivity index (χ0n) is 17.4. The molecule has 0 radical (unpaired) electrons. The van der Waals surface area contributed by atoms with Crippen LogP contribution in [0.15, 0.2) is 54.6 Å². The maximum atomic E-state index is 13.1. The molecule has 6 heteroatoms. The number of hydrogen-bond acceptors (Lipinski definition) is 3. The van der Waals surface area contributed by atoms with Gasteiger partial charge in [-0.25, -0.2) is 0 Å². The Morgan fingerprint density at radius 1 is 1.07 bits per heavy atom. The van der Waals surface area contributed by atoms with Crippen LogP contribution in [0.5, 0.6) is 5.75 Å². The van der Waals surface area contributed by atoms with Crippen molar-refractivity contribution in [1.82, 2.24) is 10.2 Å². The lowest BCUT2D eigenvalue weighted by molar-refractivity contribution is -0.143. The number of halogens is 1. The van der Waals surface area contributed by atoms with E-state index in [1.807, 2.05) is 58.0 Å². The third kappa shape index (κ3) is 7.42. The van der Waals surface area contributed by atoms with Crippen LogP contribution in [0.3, 0.4) is 0 Å².